The van der Waals surface area contributed by atoms with Gasteiger partial charge in [0.15, 0.2) is 0 Å². The van der Waals surface area contributed by atoms with Gasteiger partial charge < -0.3 is 19.4 Å². The average Bonchev–Trinajstić information content (AvgIpc) is 2.74. The van der Waals surface area contributed by atoms with Gasteiger partial charge in [-0.3, -0.25) is 4.79 Å². The van der Waals surface area contributed by atoms with Crippen LogP contribution in [0.3, 0.4) is 0 Å². The molecule has 1 aromatic heterocycles. The molecular formula is C20H25N5O2. The molecule has 7 nitrogen and oxygen atoms in total. The molecule has 142 valence electrons. The Morgan fingerprint density at radius 1 is 0.963 bits per heavy atom. The molecule has 0 radical (unpaired) electrons. The summed E-state index contributed by atoms with van der Waals surface area (Å²) < 4.78 is 5.32. The number of anilines is 2. The molecule has 2 aromatic rings. The van der Waals surface area contributed by atoms with Crippen molar-refractivity contribution in [3.05, 3.63) is 47.9 Å². The Bertz CT molecular complexity index is 798. The predicted molar refractivity (Wildman–Crippen MR) is 104 cm³/mol. The van der Waals surface area contributed by atoms with Gasteiger partial charge >= 0.3 is 0 Å². The monoisotopic (exact) mass is 367 g/mol. The van der Waals surface area contributed by atoms with Crippen LogP contribution < -0.4 is 9.80 Å². The van der Waals surface area contributed by atoms with Crippen molar-refractivity contribution >= 4 is 17.4 Å². The Labute approximate surface area is 159 Å². The summed E-state index contributed by atoms with van der Waals surface area (Å²) in [4.78, 5) is 27.7. The lowest BCUT2D eigenvalue weighted by atomic mass is 10.2. The van der Waals surface area contributed by atoms with Crippen LogP contribution >= 0.6 is 0 Å². The van der Waals surface area contributed by atoms with Gasteiger partial charge in [0.2, 0.25) is 0 Å². The number of piperazine rings is 1. The number of carbonyl (C=O) groups excluding carboxylic acids is 1. The molecule has 2 saturated heterocycles. The Hall–Kier alpha value is -2.67. The second-order valence-corrected chi connectivity index (χ2v) is 6.98. The second kappa shape index (κ2) is 7.92. The van der Waals surface area contributed by atoms with Gasteiger partial charge in [0.1, 0.15) is 17.8 Å². The fraction of sp³-hybridized carbons (Fsp3) is 0.450. The molecular weight excluding hydrogens is 342 g/mol. The van der Waals surface area contributed by atoms with Crippen molar-refractivity contribution in [1.82, 2.24) is 14.9 Å². The first-order valence-electron chi connectivity index (χ1n) is 9.46. The number of hydrogen-bond acceptors (Lipinski definition) is 6. The van der Waals surface area contributed by atoms with Gasteiger partial charge in [0, 0.05) is 51.0 Å². The molecule has 27 heavy (non-hydrogen) atoms. The van der Waals surface area contributed by atoms with Crippen molar-refractivity contribution in [1.29, 1.82) is 0 Å². The van der Waals surface area contributed by atoms with E-state index in [9.17, 15) is 4.79 Å². The molecule has 2 aliphatic rings. The standard InChI is InChI=1S/C20H25N5O2/c1-16-3-2-4-17(13-16)23-5-7-24(8-6-23)19-14-18(21-15-22-19)20(26)25-9-11-27-12-10-25/h2-4,13-15H,5-12H2,1H3. The van der Waals surface area contributed by atoms with E-state index in [0.717, 1.165) is 32.0 Å². The molecule has 0 spiro atoms. The fourth-order valence-corrected chi connectivity index (χ4v) is 3.58. The third-order valence-electron chi connectivity index (χ3n) is 5.14. The van der Waals surface area contributed by atoms with Crippen LogP contribution in [-0.2, 0) is 4.74 Å². The molecule has 0 aliphatic carbocycles. The normalized spacial score (nSPS) is 17.9. The first-order chi connectivity index (χ1) is 13.2. The summed E-state index contributed by atoms with van der Waals surface area (Å²) in [5.74, 6) is 0.783. The van der Waals surface area contributed by atoms with Crippen molar-refractivity contribution in [2.75, 3.05) is 62.3 Å². The third kappa shape index (κ3) is 4.03. The third-order valence-corrected chi connectivity index (χ3v) is 5.14. The van der Waals surface area contributed by atoms with Crippen molar-refractivity contribution in [2.45, 2.75) is 6.92 Å². The van der Waals surface area contributed by atoms with E-state index in [1.54, 1.807) is 4.90 Å². The number of amides is 1. The van der Waals surface area contributed by atoms with E-state index in [2.05, 4.69) is 51.0 Å². The minimum absolute atomic E-state index is 0.0413. The van der Waals surface area contributed by atoms with Crippen LogP contribution in [0.5, 0.6) is 0 Å². The Kier molecular flexibility index (Phi) is 5.20. The lowest BCUT2D eigenvalue weighted by molar-refractivity contribution is 0.0299. The molecule has 0 saturated carbocycles. The Morgan fingerprint density at radius 3 is 2.44 bits per heavy atom. The molecule has 0 unspecified atom stereocenters. The molecule has 3 heterocycles. The lowest BCUT2D eigenvalue weighted by Gasteiger charge is -2.37. The van der Waals surface area contributed by atoms with Crippen LogP contribution in [0.2, 0.25) is 0 Å². The molecule has 4 rings (SSSR count). The van der Waals surface area contributed by atoms with E-state index in [4.69, 9.17) is 4.74 Å². The van der Waals surface area contributed by atoms with Crippen molar-refractivity contribution < 1.29 is 9.53 Å². The van der Waals surface area contributed by atoms with E-state index in [1.165, 1.54) is 17.6 Å². The smallest absolute Gasteiger partial charge is 0.272 e. The van der Waals surface area contributed by atoms with E-state index in [1.807, 2.05) is 6.07 Å². The summed E-state index contributed by atoms with van der Waals surface area (Å²) in [5.41, 5.74) is 3.00. The topological polar surface area (TPSA) is 61.8 Å². The molecule has 1 aromatic carbocycles. The molecule has 2 aliphatic heterocycles. The van der Waals surface area contributed by atoms with Crippen molar-refractivity contribution in [3.63, 3.8) is 0 Å². The minimum Gasteiger partial charge on any atom is -0.378 e. The van der Waals surface area contributed by atoms with Gasteiger partial charge in [-0.1, -0.05) is 12.1 Å². The van der Waals surface area contributed by atoms with Crippen LogP contribution in [0.1, 0.15) is 16.1 Å². The number of nitrogens with zero attached hydrogens (tertiary/aromatic N) is 5. The quantitative estimate of drug-likeness (QED) is 0.821. The Balaban J connectivity index is 1.42. The molecule has 0 bridgehead atoms. The zero-order valence-corrected chi connectivity index (χ0v) is 15.7. The number of aryl methyl sites for hydroxylation is 1. The molecule has 7 heteroatoms. The largest absolute Gasteiger partial charge is 0.378 e. The van der Waals surface area contributed by atoms with Gasteiger partial charge in [-0.15, -0.1) is 0 Å². The molecule has 1 amide bonds. The molecule has 0 N–H and O–H groups in total. The van der Waals surface area contributed by atoms with E-state index in [0.29, 0.717) is 32.0 Å². The summed E-state index contributed by atoms with van der Waals surface area (Å²) in [6.07, 6.45) is 1.50. The van der Waals surface area contributed by atoms with Gasteiger partial charge in [0.25, 0.3) is 5.91 Å². The van der Waals surface area contributed by atoms with Crippen LogP contribution in [0, 0.1) is 6.92 Å². The lowest BCUT2D eigenvalue weighted by Crippen LogP contribution is -2.47. The van der Waals surface area contributed by atoms with Gasteiger partial charge in [-0.2, -0.15) is 0 Å². The SMILES string of the molecule is Cc1cccc(N2CCN(c3cc(C(=O)N4CCOCC4)ncn3)CC2)c1. The zero-order chi connectivity index (χ0) is 18.6. The fourth-order valence-electron chi connectivity index (χ4n) is 3.58. The van der Waals surface area contributed by atoms with Gasteiger partial charge in [-0.05, 0) is 24.6 Å². The minimum atomic E-state index is -0.0413. The highest BCUT2D eigenvalue weighted by Gasteiger charge is 2.23. The number of benzene rings is 1. The van der Waals surface area contributed by atoms with Crippen molar-refractivity contribution in [3.8, 4) is 0 Å². The maximum absolute atomic E-state index is 12.7. The number of ether oxygens (including phenoxy) is 1. The molecule has 2 fully saturated rings. The highest BCUT2D eigenvalue weighted by atomic mass is 16.5. The zero-order valence-electron chi connectivity index (χ0n) is 15.7. The number of hydrogen-bond donors (Lipinski definition) is 0. The average molecular weight is 367 g/mol. The predicted octanol–water partition coefficient (Wildman–Crippen LogP) is 1.58. The second-order valence-electron chi connectivity index (χ2n) is 6.98. The summed E-state index contributed by atoms with van der Waals surface area (Å²) in [7, 11) is 0. The highest BCUT2D eigenvalue weighted by Crippen LogP contribution is 2.20. The number of morpholine rings is 1. The number of rotatable bonds is 3. The van der Waals surface area contributed by atoms with E-state index in [-0.39, 0.29) is 5.91 Å². The summed E-state index contributed by atoms with van der Waals surface area (Å²) in [6.45, 7) is 8.14. The van der Waals surface area contributed by atoms with Crippen LogP contribution in [0.25, 0.3) is 0 Å². The van der Waals surface area contributed by atoms with E-state index < -0.39 is 0 Å². The summed E-state index contributed by atoms with van der Waals surface area (Å²) >= 11 is 0. The summed E-state index contributed by atoms with van der Waals surface area (Å²) in [6, 6.07) is 10.4. The van der Waals surface area contributed by atoms with Crippen LogP contribution in [-0.4, -0.2) is 73.3 Å². The van der Waals surface area contributed by atoms with Crippen LogP contribution in [0.15, 0.2) is 36.7 Å². The number of aromatic nitrogens is 2. The summed E-state index contributed by atoms with van der Waals surface area (Å²) in [5, 5.41) is 0. The Morgan fingerprint density at radius 2 is 1.70 bits per heavy atom. The van der Waals surface area contributed by atoms with Crippen molar-refractivity contribution in [2.24, 2.45) is 0 Å². The first-order valence-corrected chi connectivity index (χ1v) is 9.46. The van der Waals surface area contributed by atoms with Crippen LogP contribution in [0.4, 0.5) is 11.5 Å². The van der Waals surface area contributed by atoms with Gasteiger partial charge in [0.05, 0.1) is 13.2 Å². The van der Waals surface area contributed by atoms with Gasteiger partial charge in [-0.25, -0.2) is 9.97 Å². The first kappa shape index (κ1) is 17.7. The molecule has 0 atom stereocenters. The van der Waals surface area contributed by atoms with E-state index >= 15 is 0 Å². The number of carbonyl (C=O) groups is 1. The maximum atomic E-state index is 12.7. The highest BCUT2D eigenvalue weighted by molar-refractivity contribution is 5.93. The maximum Gasteiger partial charge on any atom is 0.272 e.